The number of carbonyl (C=O) groups is 1. The molecular weight excluding hydrogens is 356 g/mol. The molecule has 1 aliphatic heterocycles. The highest BCUT2D eigenvalue weighted by Gasteiger charge is 2.31. The third-order valence-corrected chi connectivity index (χ3v) is 6.47. The Hall–Kier alpha value is -2.13. The molecule has 0 saturated carbocycles. The van der Waals surface area contributed by atoms with Crippen LogP contribution in [-0.2, 0) is 17.1 Å². The number of hydrogen-bond acceptors (Lipinski definition) is 5. The molecule has 0 N–H and O–H groups in total. The van der Waals surface area contributed by atoms with Crippen molar-refractivity contribution in [1.29, 1.82) is 0 Å². The molecule has 3 rings (SSSR count). The third-order valence-electron chi connectivity index (χ3n) is 4.70. The van der Waals surface area contributed by atoms with Crippen molar-refractivity contribution in [3.63, 3.8) is 0 Å². The summed E-state index contributed by atoms with van der Waals surface area (Å²) in [6.45, 7) is 6.79. The van der Waals surface area contributed by atoms with E-state index >= 15 is 0 Å². The Morgan fingerprint density at radius 1 is 1.15 bits per heavy atom. The molecule has 1 fully saturated rings. The predicted octanol–water partition coefficient (Wildman–Crippen LogP) is 1.48. The second-order valence-electron chi connectivity index (χ2n) is 6.61. The zero-order valence-corrected chi connectivity index (χ0v) is 16.3. The van der Waals surface area contributed by atoms with E-state index in [1.807, 2.05) is 0 Å². The Kier molecular flexibility index (Phi) is 4.94. The summed E-state index contributed by atoms with van der Waals surface area (Å²) in [5.41, 5.74) is 0.541. The van der Waals surface area contributed by atoms with E-state index in [1.165, 1.54) is 10.5 Å². The van der Waals surface area contributed by atoms with E-state index in [2.05, 4.69) is 4.98 Å². The topological polar surface area (TPSA) is 88.7 Å². The first-order chi connectivity index (χ1) is 12.2. The lowest BCUT2D eigenvalue weighted by Crippen LogP contribution is -2.37. The van der Waals surface area contributed by atoms with Gasteiger partial charge in [-0.05, 0) is 33.3 Å². The van der Waals surface area contributed by atoms with Gasteiger partial charge in [-0.15, -0.1) is 0 Å². The second-order valence-corrected chi connectivity index (χ2v) is 8.50. The molecule has 1 saturated heterocycles. The zero-order chi connectivity index (χ0) is 19.1. The summed E-state index contributed by atoms with van der Waals surface area (Å²) in [7, 11) is -1.90. The number of carbonyl (C=O) groups excluding carboxylic acids is 1. The Balaban J connectivity index is 1.76. The molecule has 0 radical (unpaired) electrons. The van der Waals surface area contributed by atoms with Gasteiger partial charge in [0.2, 0.25) is 0 Å². The van der Waals surface area contributed by atoms with Crippen LogP contribution in [0.2, 0.25) is 0 Å². The van der Waals surface area contributed by atoms with E-state index < -0.39 is 10.0 Å². The first kappa shape index (κ1) is 18.7. The standard InChI is InChI=1S/C17H24N4O4S/c1-12-10-15(13(2)25-12)17(22)20-6-5-7-21(9-8-20)26(23,24)16-11-19(4)14(3)18-16/h10-11H,5-9H2,1-4H3. The number of amides is 1. The van der Waals surface area contributed by atoms with Crippen LogP contribution in [0.5, 0.6) is 0 Å². The summed E-state index contributed by atoms with van der Waals surface area (Å²) in [4.78, 5) is 18.6. The van der Waals surface area contributed by atoms with Crippen molar-refractivity contribution < 1.29 is 17.6 Å². The number of hydrogen-bond donors (Lipinski definition) is 0. The number of nitrogens with zero attached hydrogens (tertiary/aromatic N) is 4. The molecule has 2 aromatic heterocycles. The molecule has 1 amide bonds. The van der Waals surface area contributed by atoms with E-state index in [4.69, 9.17) is 4.42 Å². The SMILES string of the molecule is Cc1cc(C(=O)N2CCCN(S(=O)(=O)c3cn(C)c(C)n3)CC2)c(C)o1. The van der Waals surface area contributed by atoms with Crippen molar-refractivity contribution in [2.24, 2.45) is 7.05 Å². The maximum atomic E-state index is 12.8. The minimum absolute atomic E-state index is 0.0542. The van der Waals surface area contributed by atoms with E-state index in [0.29, 0.717) is 49.0 Å². The maximum absolute atomic E-state index is 12.8. The highest BCUT2D eigenvalue weighted by atomic mass is 32.2. The molecule has 0 atom stereocenters. The quantitative estimate of drug-likeness (QED) is 0.805. The minimum Gasteiger partial charge on any atom is -0.466 e. The highest BCUT2D eigenvalue weighted by Crippen LogP contribution is 2.20. The first-order valence-corrected chi connectivity index (χ1v) is 10.0. The van der Waals surface area contributed by atoms with Crippen molar-refractivity contribution in [3.8, 4) is 0 Å². The number of imidazole rings is 1. The minimum atomic E-state index is -3.66. The molecule has 1 aliphatic rings. The lowest BCUT2D eigenvalue weighted by molar-refractivity contribution is 0.0762. The van der Waals surface area contributed by atoms with Gasteiger partial charge in [0.1, 0.15) is 17.3 Å². The van der Waals surface area contributed by atoms with Crippen LogP contribution in [-0.4, -0.2) is 59.3 Å². The first-order valence-electron chi connectivity index (χ1n) is 8.56. The molecule has 0 aromatic carbocycles. The summed E-state index contributed by atoms with van der Waals surface area (Å²) in [6, 6.07) is 1.73. The van der Waals surface area contributed by atoms with Gasteiger partial charge in [-0.2, -0.15) is 4.31 Å². The van der Waals surface area contributed by atoms with E-state index in [1.54, 1.807) is 43.4 Å². The van der Waals surface area contributed by atoms with Crippen LogP contribution in [0.1, 0.15) is 34.1 Å². The summed E-state index contributed by atoms with van der Waals surface area (Å²) in [5, 5.41) is 0.0542. The van der Waals surface area contributed by atoms with Crippen LogP contribution in [0.4, 0.5) is 0 Å². The van der Waals surface area contributed by atoms with Gasteiger partial charge in [-0.25, -0.2) is 13.4 Å². The number of sulfonamides is 1. The predicted molar refractivity (Wildman–Crippen MR) is 95.4 cm³/mol. The van der Waals surface area contributed by atoms with Crippen molar-refractivity contribution in [2.45, 2.75) is 32.2 Å². The number of aromatic nitrogens is 2. The van der Waals surface area contributed by atoms with E-state index in [9.17, 15) is 13.2 Å². The van der Waals surface area contributed by atoms with Gasteiger partial charge >= 0.3 is 0 Å². The van der Waals surface area contributed by atoms with Crippen molar-refractivity contribution >= 4 is 15.9 Å². The smallest absolute Gasteiger partial charge is 0.262 e. The van der Waals surface area contributed by atoms with Crippen LogP contribution in [0.15, 0.2) is 21.7 Å². The summed E-state index contributed by atoms with van der Waals surface area (Å²) in [5.74, 6) is 1.80. The summed E-state index contributed by atoms with van der Waals surface area (Å²) in [6.07, 6.45) is 2.10. The molecule has 9 heteroatoms. The molecule has 0 aliphatic carbocycles. The lowest BCUT2D eigenvalue weighted by Gasteiger charge is -2.21. The van der Waals surface area contributed by atoms with Gasteiger partial charge in [0.25, 0.3) is 15.9 Å². The molecule has 8 nitrogen and oxygen atoms in total. The van der Waals surface area contributed by atoms with Crippen LogP contribution < -0.4 is 0 Å². The van der Waals surface area contributed by atoms with Gasteiger partial charge in [0.05, 0.1) is 5.56 Å². The Morgan fingerprint density at radius 2 is 1.88 bits per heavy atom. The van der Waals surface area contributed by atoms with Gasteiger partial charge in [-0.3, -0.25) is 4.79 Å². The van der Waals surface area contributed by atoms with Gasteiger partial charge in [0.15, 0.2) is 5.03 Å². The highest BCUT2D eigenvalue weighted by molar-refractivity contribution is 7.89. The van der Waals surface area contributed by atoms with Crippen LogP contribution in [0.25, 0.3) is 0 Å². The Morgan fingerprint density at radius 3 is 2.46 bits per heavy atom. The fourth-order valence-electron chi connectivity index (χ4n) is 3.13. The molecule has 26 heavy (non-hydrogen) atoms. The van der Waals surface area contributed by atoms with Gasteiger partial charge < -0.3 is 13.9 Å². The number of furan rings is 1. The average Bonchev–Trinajstić information content (AvgIpc) is 2.97. The number of rotatable bonds is 3. The van der Waals surface area contributed by atoms with Crippen LogP contribution >= 0.6 is 0 Å². The Bertz CT molecular complexity index is 909. The van der Waals surface area contributed by atoms with Crippen molar-refractivity contribution in [1.82, 2.24) is 18.8 Å². The molecule has 0 bridgehead atoms. The molecule has 142 valence electrons. The largest absolute Gasteiger partial charge is 0.466 e. The van der Waals surface area contributed by atoms with E-state index in [-0.39, 0.29) is 17.5 Å². The summed E-state index contributed by atoms with van der Waals surface area (Å²) < 4.78 is 34.2. The molecular formula is C17H24N4O4S. The van der Waals surface area contributed by atoms with Crippen LogP contribution in [0.3, 0.4) is 0 Å². The lowest BCUT2D eigenvalue weighted by atomic mass is 10.2. The van der Waals surface area contributed by atoms with Crippen molar-refractivity contribution in [2.75, 3.05) is 26.2 Å². The van der Waals surface area contributed by atoms with Gasteiger partial charge in [-0.1, -0.05) is 0 Å². The van der Waals surface area contributed by atoms with E-state index in [0.717, 1.165) is 0 Å². The fraction of sp³-hybridized carbons (Fsp3) is 0.529. The summed E-state index contributed by atoms with van der Waals surface area (Å²) >= 11 is 0. The molecule has 3 heterocycles. The molecule has 2 aromatic rings. The molecule has 0 unspecified atom stereocenters. The number of aryl methyl sites for hydroxylation is 4. The monoisotopic (exact) mass is 380 g/mol. The molecule has 0 spiro atoms. The fourth-order valence-corrected chi connectivity index (χ4v) is 4.63. The van der Waals surface area contributed by atoms with Crippen molar-refractivity contribution in [3.05, 3.63) is 35.2 Å². The second kappa shape index (κ2) is 6.88. The Labute approximate surface area is 153 Å². The maximum Gasteiger partial charge on any atom is 0.262 e. The van der Waals surface area contributed by atoms with Gasteiger partial charge in [0, 0.05) is 39.4 Å². The zero-order valence-electron chi connectivity index (χ0n) is 15.5. The van der Waals surface area contributed by atoms with Crippen LogP contribution in [0, 0.1) is 20.8 Å². The third kappa shape index (κ3) is 3.41. The normalized spacial score (nSPS) is 16.7. The average molecular weight is 380 g/mol.